The molecule has 2 N–H and O–H groups in total. The second kappa shape index (κ2) is 3.76. The highest BCUT2D eigenvalue weighted by Crippen LogP contribution is 2.31. The SMILES string of the molecule is Cc1ccc(N2CC(C)C(C)C2)c(N)c1. The van der Waals surface area contributed by atoms with Gasteiger partial charge in [-0.05, 0) is 36.5 Å². The Kier molecular flexibility index (Phi) is 2.59. The van der Waals surface area contributed by atoms with Crippen molar-refractivity contribution in [3.05, 3.63) is 23.8 Å². The van der Waals surface area contributed by atoms with Crippen LogP contribution in [0.5, 0.6) is 0 Å². The molecule has 0 bridgehead atoms. The fourth-order valence-corrected chi connectivity index (χ4v) is 2.29. The van der Waals surface area contributed by atoms with E-state index in [1.807, 2.05) is 0 Å². The van der Waals surface area contributed by atoms with Crippen LogP contribution in [0, 0.1) is 18.8 Å². The first kappa shape index (κ1) is 10.3. The van der Waals surface area contributed by atoms with Crippen LogP contribution in [0.3, 0.4) is 0 Å². The molecular formula is C13H20N2. The number of hydrogen-bond donors (Lipinski definition) is 1. The van der Waals surface area contributed by atoms with Crippen LogP contribution in [-0.2, 0) is 0 Å². The van der Waals surface area contributed by atoms with E-state index in [0.29, 0.717) is 0 Å². The van der Waals surface area contributed by atoms with Crippen LogP contribution in [-0.4, -0.2) is 13.1 Å². The van der Waals surface area contributed by atoms with E-state index in [1.165, 1.54) is 11.3 Å². The Bertz CT molecular complexity index is 350. The van der Waals surface area contributed by atoms with Crippen molar-refractivity contribution in [1.82, 2.24) is 0 Å². The van der Waals surface area contributed by atoms with Crippen LogP contribution in [0.2, 0.25) is 0 Å². The van der Waals surface area contributed by atoms with Crippen molar-refractivity contribution in [2.45, 2.75) is 20.8 Å². The van der Waals surface area contributed by atoms with Crippen LogP contribution in [0.25, 0.3) is 0 Å². The summed E-state index contributed by atoms with van der Waals surface area (Å²) < 4.78 is 0. The van der Waals surface area contributed by atoms with Crippen LogP contribution in [0.4, 0.5) is 11.4 Å². The van der Waals surface area contributed by atoms with Gasteiger partial charge in [0, 0.05) is 13.1 Å². The van der Waals surface area contributed by atoms with Gasteiger partial charge in [0.15, 0.2) is 0 Å². The minimum absolute atomic E-state index is 0.769. The molecule has 82 valence electrons. The number of aryl methyl sites for hydroxylation is 1. The zero-order valence-electron chi connectivity index (χ0n) is 9.83. The Hall–Kier alpha value is -1.18. The Morgan fingerprint density at radius 1 is 1.20 bits per heavy atom. The minimum Gasteiger partial charge on any atom is -0.397 e. The maximum Gasteiger partial charge on any atom is 0.0600 e. The van der Waals surface area contributed by atoms with E-state index >= 15 is 0 Å². The van der Waals surface area contributed by atoms with Crippen molar-refractivity contribution in [2.24, 2.45) is 11.8 Å². The molecule has 2 rings (SSSR count). The molecule has 0 amide bonds. The molecular weight excluding hydrogens is 184 g/mol. The highest BCUT2D eigenvalue weighted by molar-refractivity contribution is 5.68. The van der Waals surface area contributed by atoms with Gasteiger partial charge < -0.3 is 10.6 Å². The molecule has 1 heterocycles. The standard InChI is InChI=1S/C13H20N2/c1-9-4-5-13(12(14)6-9)15-7-10(2)11(3)8-15/h4-6,10-11H,7-8,14H2,1-3H3. The number of benzene rings is 1. The molecule has 2 atom stereocenters. The number of nitrogen functional groups attached to an aromatic ring is 1. The van der Waals surface area contributed by atoms with Gasteiger partial charge in [-0.15, -0.1) is 0 Å². The van der Waals surface area contributed by atoms with Gasteiger partial charge in [-0.1, -0.05) is 19.9 Å². The molecule has 15 heavy (non-hydrogen) atoms. The lowest BCUT2D eigenvalue weighted by atomic mass is 10.0. The molecule has 1 aliphatic rings. The van der Waals surface area contributed by atoms with E-state index in [9.17, 15) is 0 Å². The van der Waals surface area contributed by atoms with Crippen LogP contribution >= 0.6 is 0 Å². The normalized spacial score (nSPS) is 25.9. The lowest BCUT2D eigenvalue weighted by Crippen LogP contribution is -2.20. The number of nitrogens with zero attached hydrogens (tertiary/aromatic N) is 1. The molecule has 0 saturated carbocycles. The summed E-state index contributed by atoms with van der Waals surface area (Å²) >= 11 is 0. The number of hydrogen-bond acceptors (Lipinski definition) is 2. The fourth-order valence-electron chi connectivity index (χ4n) is 2.29. The van der Waals surface area contributed by atoms with E-state index in [-0.39, 0.29) is 0 Å². The first-order valence-electron chi connectivity index (χ1n) is 5.69. The smallest absolute Gasteiger partial charge is 0.0600 e. The summed E-state index contributed by atoms with van der Waals surface area (Å²) in [6, 6.07) is 6.34. The summed E-state index contributed by atoms with van der Waals surface area (Å²) in [5, 5.41) is 0. The average Bonchev–Trinajstić information content (AvgIpc) is 2.46. The van der Waals surface area contributed by atoms with Crippen molar-refractivity contribution in [3.8, 4) is 0 Å². The number of nitrogens with two attached hydrogens (primary N) is 1. The largest absolute Gasteiger partial charge is 0.397 e. The van der Waals surface area contributed by atoms with Gasteiger partial charge in [-0.3, -0.25) is 0 Å². The van der Waals surface area contributed by atoms with Crippen molar-refractivity contribution in [3.63, 3.8) is 0 Å². The van der Waals surface area contributed by atoms with E-state index in [4.69, 9.17) is 5.73 Å². The zero-order valence-corrected chi connectivity index (χ0v) is 9.83. The molecule has 1 aromatic carbocycles. The molecule has 2 heteroatoms. The quantitative estimate of drug-likeness (QED) is 0.713. The van der Waals surface area contributed by atoms with Crippen molar-refractivity contribution < 1.29 is 0 Å². The first-order valence-corrected chi connectivity index (χ1v) is 5.69. The van der Waals surface area contributed by atoms with Crippen molar-refractivity contribution >= 4 is 11.4 Å². The Morgan fingerprint density at radius 3 is 2.33 bits per heavy atom. The summed E-state index contributed by atoms with van der Waals surface area (Å²) in [5.41, 5.74) is 9.40. The van der Waals surface area contributed by atoms with Crippen LogP contribution in [0.1, 0.15) is 19.4 Å². The summed E-state index contributed by atoms with van der Waals surface area (Å²) in [6.45, 7) is 8.97. The van der Waals surface area contributed by atoms with E-state index in [0.717, 1.165) is 30.6 Å². The minimum atomic E-state index is 0.769. The zero-order chi connectivity index (χ0) is 11.0. The lowest BCUT2D eigenvalue weighted by molar-refractivity contribution is 0.494. The van der Waals surface area contributed by atoms with E-state index in [2.05, 4.69) is 43.9 Å². The van der Waals surface area contributed by atoms with Crippen LogP contribution in [0.15, 0.2) is 18.2 Å². The van der Waals surface area contributed by atoms with Gasteiger partial charge in [0.1, 0.15) is 0 Å². The topological polar surface area (TPSA) is 29.3 Å². The molecule has 2 nitrogen and oxygen atoms in total. The molecule has 0 aliphatic carbocycles. The van der Waals surface area contributed by atoms with Gasteiger partial charge in [-0.2, -0.15) is 0 Å². The van der Waals surface area contributed by atoms with Gasteiger partial charge in [0.05, 0.1) is 11.4 Å². The monoisotopic (exact) mass is 204 g/mol. The molecule has 1 saturated heterocycles. The molecule has 0 radical (unpaired) electrons. The highest BCUT2D eigenvalue weighted by atomic mass is 15.2. The second-order valence-corrected chi connectivity index (χ2v) is 4.92. The van der Waals surface area contributed by atoms with Crippen LogP contribution < -0.4 is 10.6 Å². The Morgan fingerprint density at radius 2 is 1.80 bits per heavy atom. The molecule has 1 aliphatic heterocycles. The Balaban J connectivity index is 2.24. The van der Waals surface area contributed by atoms with E-state index < -0.39 is 0 Å². The Labute approximate surface area is 92.1 Å². The lowest BCUT2D eigenvalue weighted by Gasteiger charge is -2.20. The average molecular weight is 204 g/mol. The third kappa shape index (κ3) is 1.94. The number of rotatable bonds is 1. The predicted octanol–water partition coefficient (Wildman–Crippen LogP) is 2.67. The van der Waals surface area contributed by atoms with Gasteiger partial charge in [0.2, 0.25) is 0 Å². The van der Waals surface area contributed by atoms with Crippen molar-refractivity contribution in [1.29, 1.82) is 0 Å². The summed E-state index contributed by atoms with van der Waals surface area (Å²) in [7, 11) is 0. The molecule has 1 fully saturated rings. The maximum atomic E-state index is 6.05. The molecule has 1 aromatic rings. The summed E-state index contributed by atoms with van der Waals surface area (Å²) in [5.74, 6) is 1.54. The molecule has 0 spiro atoms. The molecule has 2 unspecified atom stereocenters. The highest BCUT2D eigenvalue weighted by Gasteiger charge is 2.26. The second-order valence-electron chi connectivity index (χ2n) is 4.92. The first-order chi connectivity index (χ1) is 7.08. The van der Waals surface area contributed by atoms with Gasteiger partial charge >= 0.3 is 0 Å². The molecule has 0 aromatic heterocycles. The summed E-state index contributed by atoms with van der Waals surface area (Å²) in [6.07, 6.45) is 0. The third-order valence-electron chi connectivity index (χ3n) is 3.51. The number of anilines is 2. The maximum absolute atomic E-state index is 6.05. The van der Waals surface area contributed by atoms with Crippen molar-refractivity contribution in [2.75, 3.05) is 23.7 Å². The third-order valence-corrected chi connectivity index (χ3v) is 3.51. The predicted molar refractivity (Wildman–Crippen MR) is 66.1 cm³/mol. The summed E-state index contributed by atoms with van der Waals surface area (Å²) in [4.78, 5) is 2.41. The van der Waals surface area contributed by atoms with Gasteiger partial charge in [0.25, 0.3) is 0 Å². The van der Waals surface area contributed by atoms with E-state index in [1.54, 1.807) is 0 Å². The fraction of sp³-hybridized carbons (Fsp3) is 0.538. The van der Waals surface area contributed by atoms with Gasteiger partial charge in [-0.25, -0.2) is 0 Å².